The number of likely N-dealkylation sites (tertiary alicyclic amines) is 1. The summed E-state index contributed by atoms with van der Waals surface area (Å²) in [5.74, 6) is -0.575. The van der Waals surface area contributed by atoms with E-state index in [1.54, 1.807) is 0 Å². The quantitative estimate of drug-likeness (QED) is 0.851. The predicted octanol–water partition coefficient (Wildman–Crippen LogP) is 1.98. The molecule has 0 unspecified atom stereocenters. The van der Waals surface area contributed by atoms with Crippen molar-refractivity contribution in [2.75, 3.05) is 13.1 Å². The molecule has 1 atom stereocenters. The van der Waals surface area contributed by atoms with E-state index in [9.17, 15) is 23.1 Å². The highest BCUT2D eigenvalue weighted by Crippen LogP contribution is 2.37. The molecule has 0 saturated carbocycles. The molecule has 4 nitrogen and oxygen atoms in total. The highest BCUT2D eigenvalue weighted by atomic mass is 79.9. The van der Waals surface area contributed by atoms with E-state index in [0.717, 1.165) is 4.90 Å². The molecule has 1 fully saturated rings. The van der Waals surface area contributed by atoms with Crippen LogP contribution in [0.1, 0.15) is 16.8 Å². The van der Waals surface area contributed by atoms with E-state index in [1.165, 1.54) is 18.5 Å². The second kappa shape index (κ2) is 4.75. The maximum Gasteiger partial charge on any atom is 0.419 e. The van der Waals surface area contributed by atoms with Gasteiger partial charge in [0.15, 0.2) is 5.60 Å². The van der Waals surface area contributed by atoms with Gasteiger partial charge in [0.05, 0.1) is 12.1 Å². The van der Waals surface area contributed by atoms with Gasteiger partial charge >= 0.3 is 6.18 Å². The van der Waals surface area contributed by atoms with E-state index >= 15 is 0 Å². The first-order chi connectivity index (χ1) is 8.73. The Morgan fingerprint density at radius 1 is 1.47 bits per heavy atom. The zero-order valence-electron chi connectivity index (χ0n) is 9.62. The summed E-state index contributed by atoms with van der Waals surface area (Å²) in [6, 6.07) is 1.47. The van der Waals surface area contributed by atoms with E-state index in [0.29, 0.717) is 4.47 Å². The fraction of sp³-hybridized carbons (Fsp3) is 0.455. The average molecular weight is 339 g/mol. The molecule has 1 aliphatic rings. The molecule has 1 aromatic heterocycles. The molecule has 8 heteroatoms. The van der Waals surface area contributed by atoms with Gasteiger partial charge in [0.2, 0.25) is 0 Å². The molecule has 0 aliphatic carbocycles. The van der Waals surface area contributed by atoms with Crippen molar-refractivity contribution in [2.24, 2.45) is 0 Å². The van der Waals surface area contributed by atoms with Crippen LogP contribution in [0.3, 0.4) is 0 Å². The molecule has 1 saturated heterocycles. The molecular formula is C11H10BrF3N2O2. The maximum atomic E-state index is 12.6. The second-order valence-corrected chi connectivity index (χ2v) is 5.31. The van der Waals surface area contributed by atoms with Gasteiger partial charge in [0.1, 0.15) is 0 Å². The third-order valence-corrected chi connectivity index (χ3v) is 3.45. The summed E-state index contributed by atoms with van der Waals surface area (Å²) in [6.07, 6.45) is -2.51. The maximum absolute atomic E-state index is 12.6. The van der Waals surface area contributed by atoms with Gasteiger partial charge in [-0.25, -0.2) is 0 Å². The summed E-state index contributed by atoms with van der Waals surface area (Å²) in [7, 11) is 0. The molecule has 1 N–H and O–H groups in total. The number of amides is 1. The summed E-state index contributed by atoms with van der Waals surface area (Å²) in [5.41, 5.74) is -2.64. The molecule has 2 rings (SSSR count). The number of carbonyl (C=O) groups excluding carboxylic acids is 1. The Labute approximate surface area is 115 Å². The Morgan fingerprint density at radius 2 is 2.16 bits per heavy atom. The minimum absolute atomic E-state index is 0.138. The van der Waals surface area contributed by atoms with Gasteiger partial charge in [-0.1, -0.05) is 0 Å². The Hall–Kier alpha value is -1.15. The molecule has 1 aliphatic heterocycles. The summed E-state index contributed by atoms with van der Waals surface area (Å²) in [4.78, 5) is 16.8. The van der Waals surface area contributed by atoms with Crippen LogP contribution in [0.4, 0.5) is 13.2 Å². The fourth-order valence-electron chi connectivity index (χ4n) is 1.91. The van der Waals surface area contributed by atoms with Crippen molar-refractivity contribution in [3.8, 4) is 0 Å². The van der Waals surface area contributed by atoms with E-state index < -0.39 is 30.7 Å². The van der Waals surface area contributed by atoms with E-state index in [4.69, 9.17) is 0 Å². The van der Waals surface area contributed by atoms with Crippen LogP contribution in [-0.2, 0) is 0 Å². The first kappa shape index (κ1) is 14.3. The molecule has 104 valence electrons. The summed E-state index contributed by atoms with van der Waals surface area (Å²) in [6.45, 7) is -0.886. The number of alkyl halides is 3. The van der Waals surface area contributed by atoms with Gasteiger partial charge in [-0.15, -0.1) is 0 Å². The van der Waals surface area contributed by atoms with Crippen LogP contribution in [0.5, 0.6) is 0 Å². The van der Waals surface area contributed by atoms with Gasteiger partial charge in [0.25, 0.3) is 5.91 Å². The lowest BCUT2D eigenvalue weighted by Gasteiger charge is -2.25. The summed E-state index contributed by atoms with van der Waals surface area (Å²) < 4.78 is 38.5. The van der Waals surface area contributed by atoms with Crippen molar-refractivity contribution in [2.45, 2.75) is 18.2 Å². The number of rotatable bonds is 1. The van der Waals surface area contributed by atoms with Crippen LogP contribution in [0, 0.1) is 0 Å². The first-order valence-corrected chi connectivity index (χ1v) is 6.21. The number of nitrogens with zero attached hydrogens (tertiary/aromatic N) is 2. The molecule has 0 radical (unpaired) electrons. The molecule has 19 heavy (non-hydrogen) atoms. The highest BCUT2D eigenvalue weighted by molar-refractivity contribution is 9.10. The summed E-state index contributed by atoms with van der Waals surface area (Å²) >= 11 is 3.13. The molecule has 1 amide bonds. The van der Waals surface area contributed by atoms with Gasteiger partial charge in [-0.05, 0) is 22.0 Å². The Kier molecular flexibility index (Phi) is 3.57. The average Bonchev–Trinajstić information content (AvgIpc) is 2.72. The topological polar surface area (TPSA) is 53.4 Å². The number of hydrogen-bond acceptors (Lipinski definition) is 3. The fourth-order valence-corrected chi connectivity index (χ4v) is 2.27. The van der Waals surface area contributed by atoms with Crippen molar-refractivity contribution in [3.63, 3.8) is 0 Å². The molecule has 0 aromatic carbocycles. The van der Waals surface area contributed by atoms with Gasteiger partial charge in [0, 0.05) is 29.8 Å². The number of carbonyl (C=O) groups is 1. The number of aromatic nitrogens is 1. The van der Waals surface area contributed by atoms with Crippen LogP contribution >= 0.6 is 15.9 Å². The lowest BCUT2D eigenvalue weighted by Crippen LogP contribution is -2.48. The van der Waals surface area contributed by atoms with Crippen LogP contribution in [0.15, 0.2) is 22.9 Å². The highest BCUT2D eigenvalue weighted by Gasteiger charge is 2.57. The Balaban J connectivity index is 2.16. The third kappa shape index (κ3) is 2.74. The number of β-amino-alcohol motifs (C(OH)–C–C–N with tert-alkyl or cyclic N) is 1. The van der Waals surface area contributed by atoms with E-state index in [1.807, 2.05) is 0 Å². The number of hydrogen-bond donors (Lipinski definition) is 1. The molecule has 0 spiro atoms. The molecule has 0 bridgehead atoms. The third-order valence-electron chi connectivity index (χ3n) is 3.01. The van der Waals surface area contributed by atoms with Gasteiger partial charge in [-0.3, -0.25) is 9.78 Å². The lowest BCUT2D eigenvalue weighted by atomic mass is 10.0. The number of aliphatic hydroxyl groups is 1. The standard InChI is InChI=1S/C11H10BrF3N2O2/c12-8-3-7(4-16-5-8)9(18)17-2-1-10(19,6-17)11(13,14)15/h3-5,19H,1-2,6H2/t10-/m1/s1. The largest absolute Gasteiger partial charge is 0.419 e. The molecule has 1 aromatic rings. The van der Waals surface area contributed by atoms with Crippen molar-refractivity contribution in [3.05, 3.63) is 28.5 Å². The lowest BCUT2D eigenvalue weighted by molar-refractivity contribution is -0.253. The van der Waals surface area contributed by atoms with Crippen molar-refractivity contribution in [1.29, 1.82) is 0 Å². The van der Waals surface area contributed by atoms with Gasteiger partial charge < -0.3 is 10.0 Å². The first-order valence-electron chi connectivity index (χ1n) is 5.42. The van der Waals surface area contributed by atoms with Crippen LogP contribution in [0.2, 0.25) is 0 Å². The van der Waals surface area contributed by atoms with Crippen molar-refractivity contribution in [1.82, 2.24) is 9.88 Å². The molecular weight excluding hydrogens is 329 g/mol. The van der Waals surface area contributed by atoms with Crippen LogP contribution < -0.4 is 0 Å². The minimum atomic E-state index is -4.74. The SMILES string of the molecule is O=C(c1cncc(Br)c1)N1CC[C@](O)(C(F)(F)F)C1. The molecule has 2 heterocycles. The van der Waals surface area contributed by atoms with Crippen LogP contribution in [0.25, 0.3) is 0 Å². The normalized spacial score (nSPS) is 23.7. The monoisotopic (exact) mass is 338 g/mol. The zero-order valence-corrected chi connectivity index (χ0v) is 11.2. The van der Waals surface area contributed by atoms with Crippen LogP contribution in [-0.4, -0.2) is 45.8 Å². The minimum Gasteiger partial charge on any atom is -0.379 e. The zero-order chi connectivity index (χ0) is 14.3. The van der Waals surface area contributed by atoms with E-state index in [-0.39, 0.29) is 12.1 Å². The van der Waals surface area contributed by atoms with Crippen molar-refractivity contribution >= 4 is 21.8 Å². The van der Waals surface area contributed by atoms with E-state index in [2.05, 4.69) is 20.9 Å². The number of halogens is 4. The Morgan fingerprint density at radius 3 is 2.68 bits per heavy atom. The predicted molar refractivity (Wildman–Crippen MR) is 63.5 cm³/mol. The summed E-state index contributed by atoms with van der Waals surface area (Å²) in [5, 5.41) is 9.50. The second-order valence-electron chi connectivity index (χ2n) is 4.40. The number of pyridine rings is 1. The Bertz CT molecular complexity index is 509. The van der Waals surface area contributed by atoms with Gasteiger partial charge in [-0.2, -0.15) is 13.2 Å². The smallest absolute Gasteiger partial charge is 0.379 e. The van der Waals surface area contributed by atoms with Crippen molar-refractivity contribution < 1.29 is 23.1 Å².